The van der Waals surface area contributed by atoms with Gasteiger partial charge >= 0.3 is 0 Å². The van der Waals surface area contributed by atoms with Crippen LogP contribution in [0.5, 0.6) is 0 Å². The van der Waals surface area contributed by atoms with Gasteiger partial charge in [0.1, 0.15) is 6.17 Å². The van der Waals surface area contributed by atoms with Crippen LogP contribution < -0.4 is 0 Å². The minimum Gasteiger partial charge on any atom is -0.193 e. The maximum atomic E-state index is 11.0. The van der Waals surface area contributed by atoms with Crippen LogP contribution >= 0.6 is 0 Å². The van der Waals surface area contributed by atoms with Crippen LogP contribution in [0.2, 0.25) is 0 Å². The average Bonchev–Trinajstić information content (AvgIpc) is 1.89. The van der Waals surface area contributed by atoms with Crippen LogP contribution in [0.4, 0.5) is 4.39 Å². The molecule has 0 aliphatic carbocycles. The van der Waals surface area contributed by atoms with Crippen molar-refractivity contribution in [2.24, 2.45) is 0 Å². The molecule has 0 radical (unpaired) electrons. The van der Waals surface area contributed by atoms with E-state index in [9.17, 15) is 4.39 Å². The molecule has 0 heterocycles. The summed E-state index contributed by atoms with van der Waals surface area (Å²) in [7, 11) is 0. The van der Waals surface area contributed by atoms with Gasteiger partial charge in [-0.3, -0.25) is 0 Å². The molecule has 0 rings (SSSR count). The first-order chi connectivity index (χ1) is 4.41. The van der Waals surface area contributed by atoms with Gasteiger partial charge in [0.05, 0.1) is 6.07 Å². The first-order valence-electron chi connectivity index (χ1n) is 2.24. The number of rotatable bonds is 1. The summed E-state index contributed by atoms with van der Waals surface area (Å²) in [5, 5.41) is 7.94. The van der Waals surface area contributed by atoms with E-state index in [4.69, 9.17) is 5.26 Å². The number of hydrogen-bond acceptors (Lipinski definition) is 1. The van der Waals surface area contributed by atoms with Crippen LogP contribution in [-0.4, -0.2) is 0 Å². The second-order valence-electron chi connectivity index (χ2n) is 1.09. The van der Waals surface area contributed by atoms with Crippen molar-refractivity contribution in [3.8, 4) is 18.2 Å². The van der Waals surface area contributed by atoms with Crippen LogP contribution in [0.15, 0.2) is 24.3 Å². The first kappa shape index (κ1) is 7.46. The molecule has 0 atom stereocenters. The van der Waals surface area contributed by atoms with E-state index in [0.29, 0.717) is 0 Å². The van der Waals surface area contributed by atoms with E-state index >= 15 is 0 Å². The second-order valence-corrected chi connectivity index (χ2v) is 1.09. The molecule has 0 saturated carbocycles. The van der Waals surface area contributed by atoms with Gasteiger partial charge in [0.15, 0.2) is 0 Å². The Kier molecular flexibility index (Phi) is 5.35. The van der Waals surface area contributed by atoms with Gasteiger partial charge in [-0.15, -0.1) is 4.39 Å². The molecule has 0 saturated heterocycles. The Labute approximate surface area is 53.1 Å². The summed E-state index contributed by atoms with van der Waals surface area (Å²) < 4.78 is 11.0. The van der Waals surface area contributed by atoms with Crippen molar-refractivity contribution in [3.05, 3.63) is 24.3 Å². The molecule has 2 heteroatoms. The SMILES string of the molecule is N#C/C=C\C=C/C#CF. The summed E-state index contributed by atoms with van der Waals surface area (Å²) >= 11 is 0. The highest BCUT2D eigenvalue weighted by molar-refractivity contribution is 5.19. The predicted octanol–water partition coefficient (Wildman–Crippen LogP) is 1.55. The molecule has 0 unspecified atom stereocenters. The quantitative estimate of drug-likeness (QED) is 0.293. The predicted molar refractivity (Wildman–Crippen MR) is 32.8 cm³/mol. The van der Waals surface area contributed by atoms with Gasteiger partial charge in [-0.05, 0) is 12.0 Å². The zero-order chi connectivity index (χ0) is 6.95. The van der Waals surface area contributed by atoms with E-state index in [-0.39, 0.29) is 0 Å². The Balaban J connectivity index is 3.59. The van der Waals surface area contributed by atoms with Gasteiger partial charge in [0.25, 0.3) is 0 Å². The third-order valence-electron chi connectivity index (χ3n) is 0.516. The Morgan fingerprint density at radius 2 is 1.89 bits per heavy atom. The minimum atomic E-state index is 1.19. The van der Waals surface area contributed by atoms with Crippen LogP contribution in [0.25, 0.3) is 0 Å². The Morgan fingerprint density at radius 3 is 2.44 bits per heavy atom. The van der Waals surface area contributed by atoms with Crippen LogP contribution in [0.1, 0.15) is 0 Å². The molecule has 0 amide bonds. The van der Waals surface area contributed by atoms with Crippen molar-refractivity contribution in [1.29, 1.82) is 5.26 Å². The Hall–Kier alpha value is -1.54. The monoisotopic (exact) mass is 121 g/mol. The van der Waals surface area contributed by atoms with Crippen molar-refractivity contribution >= 4 is 0 Å². The largest absolute Gasteiger partial charge is 0.193 e. The lowest BCUT2D eigenvalue weighted by molar-refractivity contribution is 0.774. The number of halogens is 1. The summed E-state index contributed by atoms with van der Waals surface area (Å²) in [6, 6.07) is 1.77. The smallest absolute Gasteiger partial charge is 0.110 e. The average molecular weight is 121 g/mol. The molecule has 0 aromatic carbocycles. The highest BCUT2D eigenvalue weighted by Crippen LogP contribution is 1.73. The van der Waals surface area contributed by atoms with Crippen LogP contribution in [0.3, 0.4) is 0 Å². The van der Waals surface area contributed by atoms with Crippen molar-refractivity contribution in [1.82, 2.24) is 0 Å². The fraction of sp³-hybridized carbons (Fsp3) is 0. The highest BCUT2D eigenvalue weighted by Gasteiger charge is 1.58. The lowest BCUT2D eigenvalue weighted by atomic mass is 10.4. The van der Waals surface area contributed by atoms with Gasteiger partial charge in [0.2, 0.25) is 0 Å². The first-order valence-corrected chi connectivity index (χ1v) is 2.24. The number of allylic oxidation sites excluding steroid dienone is 4. The molecule has 9 heavy (non-hydrogen) atoms. The molecular weight excluding hydrogens is 117 g/mol. The summed E-state index contributed by atoms with van der Waals surface area (Å²) in [5.74, 6) is 2.05. The molecule has 0 aromatic rings. The maximum Gasteiger partial charge on any atom is 0.110 e. The van der Waals surface area contributed by atoms with Crippen molar-refractivity contribution in [3.63, 3.8) is 0 Å². The Morgan fingerprint density at radius 1 is 1.22 bits per heavy atom. The summed E-state index contributed by atoms with van der Waals surface area (Å²) in [4.78, 5) is 0. The number of nitrogens with zero attached hydrogens (tertiary/aromatic N) is 1. The van der Waals surface area contributed by atoms with Crippen LogP contribution in [-0.2, 0) is 0 Å². The number of nitriles is 1. The normalized spacial score (nSPS) is 8.89. The molecule has 0 N–H and O–H groups in total. The topological polar surface area (TPSA) is 23.8 Å². The van der Waals surface area contributed by atoms with E-state index in [2.05, 4.69) is 0 Å². The molecule has 0 bridgehead atoms. The maximum absolute atomic E-state index is 11.0. The molecule has 0 aliphatic heterocycles. The van der Waals surface area contributed by atoms with E-state index in [1.165, 1.54) is 30.5 Å². The zero-order valence-corrected chi connectivity index (χ0v) is 4.63. The third-order valence-corrected chi connectivity index (χ3v) is 0.516. The molecule has 0 aromatic heterocycles. The summed E-state index contributed by atoms with van der Waals surface area (Å²) in [6.07, 6.45) is 6.74. The molecule has 0 aliphatic rings. The van der Waals surface area contributed by atoms with E-state index < -0.39 is 0 Å². The van der Waals surface area contributed by atoms with E-state index in [1.807, 2.05) is 5.92 Å². The van der Waals surface area contributed by atoms with Gasteiger partial charge < -0.3 is 0 Å². The Bertz CT molecular complexity index is 209. The summed E-state index contributed by atoms with van der Waals surface area (Å²) in [6.45, 7) is 0. The summed E-state index contributed by atoms with van der Waals surface area (Å²) in [5.41, 5.74) is 0. The fourth-order valence-electron chi connectivity index (χ4n) is 0.234. The lowest BCUT2D eigenvalue weighted by Gasteiger charge is -1.62. The molecular formula is C7H4FN. The van der Waals surface area contributed by atoms with Gasteiger partial charge in [-0.25, -0.2) is 0 Å². The molecule has 1 nitrogen and oxygen atoms in total. The van der Waals surface area contributed by atoms with Crippen LogP contribution in [0, 0.1) is 23.4 Å². The molecule has 0 spiro atoms. The standard InChI is InChI=1S/C7H4FN/c8-6-4-2-1-3-5-7-9/h1-3,5H/b2-1-,5-3-. The zero-order valence-electron chi connectivity index (χ0n) is 4.63. The fourth-order valence-corrected chi connectivity index (χ4v) is 0.234. The van der Waals surface area contributed by atoms with Gasteiger partial charge in [0, 0.05) is 6.08 Å². The van der Waals surface area contributed by atoms with Crippen molar-refractivity contribution < 1.29 is 4.39 Å². The van der Waals surface area contributed by atoms with E-state index in [1.54, 1.807) is 6.07 Å². The third kappa shape index (κ3) is 6.46. The molecule has 44 valence electrons. The lowest BCUT2D eigenvalue weighted by Crippen LogP contribution is -1.48. The van der Waals surface area contributed by atoms with Gasteiger partial charge in [-0.2, -0.15) is 5.26 Å². The second kappa shape index (κ2) is 6.46. The van der Waals surface area contributed by atoms with Crippen molar-refractivity contribution in [2.45, 2.75) is 0 Å². The van der Waals surface area contributed by atoms with E-state index in [0.717, 1.165) is 0 Å². The highest BCUT2D eigenvalue weighted by atomic mass is 19.1. The minimum absolute atomic E-state index is 1.19. The van der Waals surface area contributed by atoms with Gasteiger partial charge in [-0.1, -0.05) is 12.2 Å². The number of hydrogen-bond donors (Lipinski definition) is 0. The van der Waals surface area contributed by atoms with Crippen molar-refractivity contribution in [2.75, 3.05) is 0 Å². The molecule has 0 fully saturated rings.